The zero-order chi connectivity index (χ0) is 14.8. The van der Waals surface area contributed by atoms with Crippen molar-refractivity contribution in [3.63, 3.8) is 0 Å². The van der Waals surface area contributed by atoms with Crippen molar-refractivity contribution in [1.29, 1.82) is 0 Å². The fourth-order valence-corrected chi connectivity index (χ4v) is 3.12. The van der Waals surface area contributed by atoms with Crippen LogP contribution in [-0.4, -0.2) is 9.97 Å². The van der Waals surface area contributed by atoms with Gasteiger partial charge in [0.2, 0.25) is 0 Å². The van der Waals surface area contributed by atoms with Gasteiger partial charge in [0.1, 0.15) is 17.2 Å². The molecule has 0 bridgehead atoms. The number of nitrogens with zero attached hydrogens (tertiary/aromatic N) is 2. The second-order valence-corrected chi connectivity index (χ2v) is 5.93. The molecule has 0 radical (unpaired) electrons. The first-order valence-electron chi connectivity index (χ1n) is 5.95. The fourth-order valence-electron chi connectivity index (χ4n) is 1.83. The number of aromatic nitrogens is 2. The second-order valence-electron chi connectivity index (χ2n) is 4.17. The molecule has 8 heteroatoms. The molecule has 0 unspecified atom stereocenters. The Hall–Kier alpha value is -1.60. The van der Waals surface area contributed by atoms with E-state index in [0.29, 0.717) is 27.4 Å². The third-order valence-electron chi connectivity index (χ3n) is 2.71. The molecule has 0 aliphatic rings. The maximum Gasteiger partial charge on any atom is 0.169 e. The van der Waals surface area contributed by atoms with Crippen molar-refractivity contribution in [1.82, 2.24) is 9.97 Å². The van der Waals surface area contributed by atoms with Crippen LogP contribution in [0.1, 0.15) is 5.82 Å². The van der Waals surface area contributed by atoms with Crippen LogP contribution in [0.4, 0.5) is 5.82 Å². The number of ether oxygens (including phenoxy) is 1. The maximum absolute atomic E-state index is 5.92. The molecule has 0 saturated heterocycles. The minimum atomic E-state index is 0.194. The molecule has 3 rings (SSSR count). The van der Waals surface area contributed by atoms with Crippen molar-refractivity contribution in [2.75, 3.05) is 5.43 Å². The summed E-state index contributed by atoms with van der Waals surface area (Å²) in [6.45, 7) is 0.194. The Morgan fingerprint density at radius 2 is 1.95 bits per heavy atom. The summed E-state index contributed by atoms with van der Waals surface area (Å²) >= 11 is 13.4. The van der Waals surface area contributed by atoms with Crippen LogP contribution in [0.15, 0.2) is 29.6 Å². The molecule has 0 saturated carbocycles. The van der Waals surface area contributed by atoms with Gasteiger partial charge in [-0.05, 0) is 29.6 Å². The van der Waals surface area contributed by atoms with Crippen LogP contribution in [0.3, 0.4) is 0 Å². The van der Waals surface area contributed by atoms with Crippen molar-refractivity contribution in [3.05, 3.63) is 45.5 Å². The normalized spacial score (nSPS) is 10.8. The molecular formula is C13H10Cl2N4OS. The van der Waals surface area contributed by atoms with Crippen molar-refractivity contribution in [2.45, 2.75) is 6.61 Å². The fraction of sp³-hybridized carbons (Fsp3) is 0.0769. The quantitative estimate of drug-likeness (QED) is 0.557. The second kappa shape index (κ2) is 6.03. The summed E-state index contributed by atoms with van der Waals surface area (Å²) in [7, 11) is 0. The van der Waals surface area contributed by atoms with Gasteiger partial charge in [0.05, 0.1) is 5.39 Å². The largest absolute Gasteiger partial charge is 0.486 e. The van der Waals surface area contributed by atoms with E-state index >= 15 is 0 Å². The van der Waals surface area contributed by atoms with Crippen LogP contribution in [0, 0.1) is 0 Å². The van der Waals surface area contributed by atoms with Gasteiger partial charge in [0, 0.05) is 10.0 Å². The molecule has 0 fully saturated rings. The van der Waals surface area contributed by atoms with Gasteiger partial charge in [-0.3, -0.25) is 0 Å². The van der Waals surface area contributed by atoms with Crippen molar-refractivity contribution in [2.24, 2.45) is 5.84 Å². The summed E-state index contributed by atoms with van der Waals surface area (Å²) in [5.74, 6) is 7.13. The van der Waals surface area contributed by atoms with E-state index in [4.69, 9.17) is 33.8 Å². The summed E-state index contributed by atoms with van der Waals surface area (Å²) in [5, 5.41) is 3.84. The number of nitrogen functional groups attached to an aromatic ring is 1. The molecular weight excluding hydrogens is 331 g/mol. The standard InChI is InChI=1S/C13H10Cl2N4OS/c14-7-3-8(15)5-9(4-7)20-6-11-17-12(19-16)10-1-2-21-13(10)18-11/h1-5H,6,16H2,(H,17,18,19). The molecule has 108 valence electrons. The SMILES string of the molecule is NNc1nc(COc2cc(Cl)cc(Cl)c2)nc2sccc12. The zero-order valence-electron chi connectivity index (χ0n) is 10.6. The highest BCUT2D eigenvalue weighted by Gasteiger charge is 2.09. The molecule has 0 aliphatic carbocycles. The van der Waals surface area contributed by atoms with Gasteiger partial charge in [0.25, 0.3) is 0 Å². The van der Waals surface area contributed by atoms with Gasteiger partial charge >= 0.3 is 0 Å². The number of thiophene rings is 1. The highest BCUT2D eigenvalue weighted by Crippen LogP contribution is 2.26. The molecule has 2 aromatic heterocycles. The first-order chi connectivity index (χ1) is 10.2. The molecule has 21 heavy (non-hydrogen) atoms. The summed E-state index contributed by atoms with van der Waals surface area (Å²) in [5.41, 5.74) is 2.57. The molecule has 3 N–H and O–H groups in total. The molecule has 0 aliphatic heterocycles. The highest BCUT2D eigenvalue weighted by atomic mass is 35.5. The first kappa shape index (κ1) is 14.3. The molecule has 3 aromatic rings. The van der Waals surface area contributed by atoms with Gasteiger partial charge in [0.15, 0.2) is 11.6 Å². The van der Waals surface area contributed by atoms with Gasteiger partial charge in [-0.1, -0.05) is 23.2 Å². The van der Waals surface area contributed by atoms with Crippen LogP contribution < -0.4 is 16.0 Å². The highest BCUT2D eigenvalue weighted by molar-refractivity contribution is 7.16. The Balaban J connectivity index is 1.84. The smallest absolute Gasteiger partial charge is 0.169 e. The lowest BCUT2D eigenvalue weighted by atomic mass is 10.3. The predicted molar refractivity (Wildman–Crippen MR) is 86.0 cm³/mol. The van der Waals surface area contributed by atoms with Crippen molar-refractivity contribution < 1.29 is 4.74 Å². The molecule has 0 amide bonds. The topological polar surface area (TPSA) is 73.1 Å². The molecule has 2 heterocycles. The number of hydrogen-bond donors (Lipinski definition) is 2. The van der Waals surface area contributed by atoms with Gasteiger partial charge in [-0.25, -0.2) is 15.8 Å². The van der Waals surface area contributed by atoms with Crippen LogP contribution in [0.2, 0.25) is 10.0 Å². The summed E-state index contributed by atoms with van der Waals surface area (Å²) in [4.78, 5) is 9.59. The summed E-state index contributed by atoms with van der Waals surface area (Å²) in [6.07, 6.45) is 0. The number of rotatable bonds is 4. The molecule has 0 spiro atoms. The van der Waals surface area contributed by atoms with E-state index in [1.165, 1.54) is 11.3 Å². The lowest BCUT2D eigenvalue weighted by Crippen LogP contribution is -2.11. The van der Waals surface area contributed by atoms with Crippen LogP contribution in [-0.2, 0) is 6.61 Å². The van der Waals surface area contributed by atoms with Crippen molar-refractivity contribution >= 4 is 50.6 Å². The number of halogens is 2. The lowest BCUT2D eigenvalue weighted by molar-refractivity contribution is 0.296. The van der Waals surface area contributed by atoms with Crippen LogP contribution in [0.5, 0.6) is 5.75 Å². The minimum absolute atomic E-state index is 0.194. The average Bonchev–Trinajstić information content (AvgIpc) is 2.91. The molecule has 0 atom stereocenters. The van der Waals surface area contributed by atoms with E-state index in [1.807, 2.05) is 11.4 Å². The average molecular weight is 341 g/mol. The number of fused-ring (bicyclic) bond motifs is 1. The van der Waals surface area contributed by atoms with E-state index in [2.05, 4.69) is 15.4 Å². The number of anilines is 1. The number of nitrogens with one attached hydrogen (secondary N) is 1. The predicted octanol–water partition coefficient (Wildman–Crippen LogP) is 3.86. The number of benzene rings is 1. The number of hydrogen-bond acceptors (Lipinski definition) is 6. The summed E-state index contributed by atoms with van der Waals surface area (Å²) in [6, 6.07) is 6.91. The Kier molecular flexibility index (Phi) is 4.12. The Bertz CT molecular complexity index is 773. The zero-order valence-corrected chi connectivity index (χ0v) is 13.0. The van der Waals surface area contributed by atoms with Gasteiger partial charge < -0.3 is 10.2 Å². The molecule has 1 aromatic carbocycles. The first-order valence-corrected chi connectivity index (χ1v) is 7.59. The Morgan fingerprint density at radius 1 is 1.19 bits per heavy atom. The van der Waals surface area contributed by atoms with E-state index in [-0.39, 0.29) is 6.61 Å². The van der Waals surface area contributed by atoms with E-state index in [0.717, 1.165) is 10.2 Å². The van der Waals surface area contributed by atoms with Gasteiger partial charge in [-0.15, -0.1) is 11.3 Å². The van der Waals surface area contributed by atoms with E-state index in [1.54, 1.807) is 18.2 Å². The van der Waals surface area contributed by atoms with E-state index in [9.17, 15) is 0 Å². The van der Waals surface area contributed by atoms with Gasteiger partial charge in [-0.2, -0.15) is 0 Å². The Labute approximate surface area is 134 Å². The Morgan fingerprint density at radius 3 is 2.67 bits per heavy atom. The minimum Gasteiger partial charge on any atom is -0.486 e. The maximum atomic E-state index is 5.92. The number of hydrazine groups is 1. The third-order valence-corrected chi connectivity index (χ3v) is 3.96. The van der Waals surface area contributed by atoms with E-state index < -0.39 is 0 Å². The monoisotopic (exact) mass is 340 g/mol. The van der Waals surface area contributed by atoms with Crippen molar-refractivity contribution in [3.8, 4) is 5.75 Å². The number of nitrogens with two attached hydrogens (primary N) is 1. The molecule has 5 nitrogen and oxygen atoms in total. The summed E-state index contributed by atoms with van der Waals surface area (Å²) < 4.78 is 5.62. The van der Waals surface area contributed by atoms with Crippen LogP contribution >= 0.6 is 34.5 Å². The van der Waals surface area contributed by atoms with Crippen LogP contribution in [0.25, 0.3) is 10.2 Å². The third kappa shape index (κ3) is 3.19. The lowest BCUT2D eigenvalue weighted by Gasteiger charge is -2.08.